The van der Waals surface area contributed by atoms with Gasteiger partial charge in [-0.2, -0.15) is 58.1 Å². The topological polar surface area (TPSA) is 561 Å². The molecule has 12 rings (SSSR count). The first-order chi connectivity index (χ1) is 61.0. The molecule has 12 N–H and O–H groups in total. The zero-order valence-corrected chi connectivity index (χ0v) is 75.3. The number of hydrogen-bond acceptors (Lipinski definition) is 28. The summed E-state index contributed by atoms with van der Waals surface area (Å²) in [6, 6.07) is 63.9. The average molecular weight is 1790 g/mol. The Morgan fingerprint density at radius 2 is 0.646 bits per heavy atom. The summed E-state index contributed by atoms with van der Waals surface area (Å²) in [6.07, 6.45) is 5.45. The summed E-state index contributed by atoms with van der Waals surface area (Å²) in [6.45, 7) is 24.3. The number of nitrogen functional groups attached to an aromatic ring is 2. The minimum absolute atomic E-state index is 0. The first-order valence-corrected chi connectivity index (χ1v) is 37.3. The van der Waals surface area contributed by atoms with Crippen molar-refractivity contribution < 1.29 is 146 Å². The predicted molar refractivity (Wildman–Crippen MR) is 465 cm³/mol. The van der Waals surface area contributed by atoms with Gasteiger partial charge in [0.15, 0.2) is 17.8 Å². The number of hydrogen-bond donors (Lipinski definition) is 9. The van der Waals surface area contributed by atoms with Crippen LogP contribution in [0.25, 0.3) is 22.7 Å². The number of phenolic OH excluding ortho intramolecular Hbond substituents is 3. The van der Waals surface area contributed by atoms with Gasteiger partial charge in [-0.3, -0.25) is 39.6 Å². The molecule has 4 heterocycles. The zero-order valence-electron chi connectivity index (χ0n) is 73.3. The van der Waals surface area contributed by atoms with Crippen molar-refractivity contribution in [2.75, 3.05) is 14.2 Å². The van der Waals surface area contributed by atoms with E-state index in [-0.39, 0.29) is 95.0 Å². The molecule has 4 amide bonds. The molecule has 0 aliphatic heterocycles. The van der Waals surface area contributed by atoms with E-state index in [1.165, 1.54) is 32.7 Å². The third kappa shape index (κ3) is 35.7. The maximum absolute atomic E-state index is 12.6. The van der Waals surface area contributed by atoms with E-state index in [9.17, 15) is 38.4 Å². The Kier molecular flexibility index (Phi) is 52.6. The fourth-order valence-corrected chi connectivity index (χ4v) is 11.8. The standard InChI is InChI=1S/C23H23N3O3.C22H21N3O3.2C14H17N3O.C8H8O.C7H6O4.5CO2.Na.H2O/c1-15-8-11-19(13-21(15)26-16(2)9-10-17(26)3)22(27)25-24-14-18-6-5-7-20(12-18)23(28)29-4;1-15-10-11-16(2)25(15)20-9-5-7-18(13-20)21(26)24-23-14-17-6-4-8-19(12-17)22(27)28-3;2*1-9-4-7-12(14(18)16-15)8-13(9)17-10(2)5-6-11(17)3;1-7-3-2-4-8(5-7)6-9;8-3-4-1-2-5(9)7(11)6(4)10;5*2-1-3;;/h5-14H,1-4H3,(H,25,27);4-14H,1-3H3,(H,24,26);2*4-8H,15H2,1-3H3,(H,16,18);2-6H,1H3;1-3,9-11H;;;;;;;1H2/q;;;;;;;;;;;+1;/p-1/b24-14+;23-14+;;;;;;;;;;;. The van der Waals surface area contributed by atoms with Gasteiger partial charge in [-0.1, -0.05) is 72.3 Å². The monoisotopic (exact) mass is 1780 g/mol. The van der Waals surface area contributed by atoms with Crippen molar-refractivity contribution in [2.45, 2.75) is 83.1 Å². The number of nitrogens with one attached hydrogen (secondary N) is 4. The average Bonchev–Trinajstić information content (AvgIpc) is 1.64. The maximum atomic E-state index is 12.6. The molecule has 0 saturated carbocycles. The molecule has 8 aromatic carbocycles. The number of benzene rings is 8. The molecule has 670 valence electrons. The van der Waals surface area contributed by atoms with Gasteiger partial charge in [0.1, 0.15) is 6.29 Å². The number of rotatable bonds is 16. The molecule has 0 saturated heterocycles. The van der Waals surface area contributed by atoms with E-state index < -0.39 is 29.2 Å². The normalized spacial score (nSPS) is 9.38. The Hall–Kier alpha value is -16.4. The number of carbonyl (C=O) groups excluding carboxylic acids is 18. The van der Waals surface area contributed by atoms with Gasteiger partial charge in [0, 0.05) is 96.1 Å². The molecule has 37 heteroatoms. The van der Waals surface area contributed by atoms with E-state index in [1.807, 2.05) is 180 Å². The number of aryl methyl sites for hydroxylation is 12. The van der Waals surface area contributed by atoms with Crippen molar-refractivity contribution in [2.24, 2.45) is 21.9 Å². The number of carbonyl (C=O) groups is 8. The van der Waals surface area contributed by atoms with E-state index in [4.69, 9.17) is 84.4 Å². The van der Waals surface area contributed by atoms with E-state index >= 15 is 0 Å². The third-order valence-electron chi connectivity index (χ3n) is 17.7. The first kappa shape index (κ1) is 114. The smallest absolute Gasteiger partial charge is 0.870 e. The fourth-order valence-electron chi connectivity index (χ4n) is 11.8. The number of phenols is 3. The number of ether oxygens (including phenoxy) is 2. The van der Waals surface area contributed by atoms with Crippen LogP contribution in [0, 0.1) is 83.1 Å². The Balaban J connectivity index is 0.00000153. The van der Waals surface area contributed by atoms with E-state index in [1.54, 1.807) is 78.9 Å². The minimum Gasteiger partial charge on any atom is -0.870 e. The number of nitrogens with two attached hydrogens (primary N) is 2. The number of aldehydes is 2. The minimum atomic E-state index is -0.672. The number of aromatic hydroxyl groups is 3. The van der Waals surface area contributed by atoms with Crippen LogP contribution >= 0.6 is 0 Å². The van der Waals surface area contributed by atoms with Crippen LogP contribution in [0.1, 0.15) is 162 Å². The van der Waals surface area contributed by atoms with Crippen LogP contribution < -0.4 is 62.9 Å². The molecule has 0 unspecified atom stereocenters. The SMILES string of the molecule is COC(=O)c1cccc(/C=N/NC(=O)c2ccc(C)c(-n3c(C)ccc3C)c2)c1.COC(=O)c1cccc(/C=N/NC(=O)c2cccc(-n3c(C)ccc3C)c2)c1.Cc1ccc(C(=O)NN)cc1-n1c(C)ccc1C.Cc1ccc(C(=O)NN)cc1-n1c(C)ccc1C.Cc1cccc(C=O)c1.O=C=O.O=C=O.O=C=O.O=C=O.O=C=O.O=Cc1ccc(O)c(O)c1O.[Na+].[OH-]. The number of methoxy groups -OCH3 is 2. The predicted octanol–water partition coefficient (Wildman–Crippen LogP) is 7.94. The van der Waals surface area contributed by atoms with Gasteiger partial charge in [0.25, 0.3) is 23.6 Å². The summed E-state index contributed by atoms with van der Waals surface area (Å²) in [5, 5.41) is 34.6. The number of amides is 4. The van der Waals surface area contributed by atoms with Gasteiger partial charge in [-0.05, 0) is 256 Å². The summed E-state index contributed by atoms with van der Waals surface area (Å²) < 4.78 is 17.9. The molecule has 0 radical (unpaired) electrons. The second kappa shape index (κ2) is 60.2. The largest absolute Gasteiger partial charge is 1.00 e. The maximum Gasteiger partial charge on any atom is 1.00 e. The molecule has 0 bridgehead atoms. The molecule has 0 spiro atoms. The van der Waals surface area contributed by atoms with Crippen molar-refractivity contribution in [1.29, 1.82) is 0 Å². The van der Waals surface area contributed by atoms with Gasteiger partial charge in [0.2, 0.25) is 5.75 Å². The van der Waals surface area contributed by atoms with E-state index in [2.05, 4.69) is 74.4 Å². The molecule has 36 nitrogen and oxygen atoms in total. The Morgan fingerprint density at radius 1 is 0.346 bits per heavy atom. The molecule has 130 heavy (non-hydrogen) atoms. The summed E-state index contributed by atoms with van der Waals surface area (Å²) in [7, 11) is 2.66. The van der Waals surface area contributed by atoms with E-state index in [0.29, 0.717) is 50.8 Å². The third-order valence-corrected chi connectivity index (χ3v) is 17.7. The van der Waals surface area contributed by atoms with Crippen LogP contribution in [-0.4, -0.2) is 145 Å². The fraction of sp³-hybridized carbons (Fsp3) is 0.151. The molecule has 0 fully saturated rings. The first-order valence-electron chi connectivity index (χ1n) is 37.3. The van der Waals surface area contributed by atoms with Gasteiger partial charge in [-0.25, -0.2) is 32.1 Å². The van der Waals surface area contributed by atoms with Crippen LogP contribution in [0.3, 0.4) is 0 Å². The van der Waals surface area contributed by atoms with Gasteiger partial charge < -0.3 is 48.5 Å². The molecule has 0 aliphatic rings. The van der Waals surface area contributed by atoms with Crippen molar-refractivity contribution in [1.82, 2.24) is 40.0 Å². The summed E-state index contributed by atoms with van der Waals surface area (Å²) in [5.74, 6) is 6.58. The zero-order chi connectivity index (χ0) is 96.3. The number of esters is 2. The van der Waals surface area contributed by atoms with Crippen molar-refractivity contribution in [3.63, 3.8) is 0 Å². The molecule has 0 atom stereocenters. The van der Waals surface area contributed by atoms with Gasteiger partial charge in [-0.15, -0.1) is 0 Å². The summed E-state index contributed by atoms with van der Waals surface area (Å²) in [4.78, 5) is 173. The van der Waals surface area contributed by atoms with Crippen LogP contribution in [0.5, 0.6) is 17.2 Å². The number of aromatic nitrogens is 4. The van der Waals surface area contributed by atoms with E-state index in [0.717, 1.165) is 108 Å². The van der Waals surface area contributed by atoms with Gasteiger partial charge >= 0.3 is 72.3 Å². The van der Waals surface area contributed by atoms with Crippen molar-refractivity contribution >= 4 is 91.3 Å². The number of hydrazone groups is 2. The summed E-state index contributed by atoms with van der Waals surface area (Å²) >= 11 is 0. The van der Waals surface area contributed by atoms with Crippen molar-refractivity contribution in [3.05, 3.63) is 336 Å². The Bertz CT molecular complexity index is 5830. The van der Waals surface area contributed by atoms with Crippen LogP contribution in [0.2, 0.25) is 0 Å². The molecule has 4 aromatic heterocycles. The van der Waals surface area contributed by atoms with Crippen LogP contribution in [0.15, 0.2) is 223 Å². The molecular formula is C93H93N12NaO24. The summed E-state index contributed by atoms with van der Waals surface area (Å²) in [5.41, 5.74) is 31.7. The number of hydrazine groups is 2. The van der Waals surface area contributed by atoms with Gasteiger partial charge in [0.05, 0.1) is 43.3 Å². The van der Waals surface area contributed by atoms with Crippen LogP contribution in [-0.2, 0) is 57.4 Å². The van der Waals surface area contributed by atoms with Crippen molar-refractivity contribution in [3.8, 4) is 40.0 Å². The Labute approximate surface area is 767 Å². The molecule has 0 aliphatic carbocycles. The molecule has 12 aromatic rings. The van der Waals surface area contributed by atoms with Crippen LogP contribution in [0.4, 0.5) is 0 Å². The molecular weight excluding hydrogens is 1690 g/mol. The number of nitrogens with zero attached hydrogens (tertiary/aromatic N) is 6. The second-order valence-corrected chi connectivity index (χ2v) is 26.4. The second-order valence-electron chi connectivity index (χ2n) is 26.4. The quantitative estimate of drug-likeness (QED) is 0.00647. The Morgan fingerprint density at radius 3 is 0.954 bits per heavy atom.